The second-order valence-corrected chi connectivity index (χ2v) is 5.94. The number of hydrogen-bond acceptors (Lipinski definition) is 2. The first kappa shape index (κ1) is 16.3. The summed E-state index contributed by atoms with van der Waals surface area (Å²) in [6.45, 7) is 12.5. The van der Waals surface area contributed by atoms with Crippen LogP contribution in [0.15, 0.2) is 4.99 Å². The van der Waals surface area contributed by atoms with Crippen molar-refractivity contribution in [2.75, 3.05) is 39.8 Å². The molecule has 1 fully saturated rings. The molecule has 0 unspecified atom stereocenters. The maximum atomic E-state index is 4.25. The van der Waals surface area contributed by atoms with Gasteiger partial charge in [-0.05, 0) is 50.7 Å². The zero-order valence-corrected chi connectivity index (χ0v) is 13.2. The monoisotopic (exact) mass is 268 g/mol. The summed E-state index contributed by atoms with van der Waals surface area (Å²) in [4.78, 5) is 6.80. The van der Waals surface area contributed by atoms with E-state index in [2.05, 4.69) is 41.3 Å². The van der Waals surface area contributed by atoms with E-state index in [1.807, 2.05) is 7.05 Å². The molecule has 112 valence electrons. The summed E-state index contributed by atoms with van der Waals surface area (Å²) in [5.74, 6) is 2.48. The van der Waals surface area contributed by atoms with Crippen molar-refractivity contribution in [2.24, 2.45) is 16.8 Å². The van der Waals surface area contributed by atoms with E-state index in [0.717, 1.165) is 25.0 Å². The van der Waals surface area contributed by atoms with Crippen molar-refractivity contribution < 1.29 is 0 Å². The number of hydrogen-bond donors (Lipinski definition) is 2. The SMILES string of the molecule is CCN1CCC(CCNC(=NC)NCC(C)C)CC1. The Kier molecular flexibility index (Phi) is 7.87. The molecule has 0 amide bonds. The summed E-state index contributed by atoms with van der Waals surface area (Å²) < 4.78 is 0. The minimum atomic E-state index is 0.650. The van der Waals surface area contributed by atoms with Gasteiger partial charge in [0.2, 0.25) is 0 Å². The Morgan fingerprint density at radius 2 is 1.95 bits per heavy atom. The molecule has 0 bridgehead atoms. The van der Waals surface area contributed by atoms with Gasteiger partial charge in [-0.1, -0.05) is 20.8 Å². The third-order valence-corrected chi connectivity index (χ3v) is 3.90. The van der Waals surface area contributed by atoms with Crippen LogP contribution in [0.25, 0.3) is 0 Å². The van der Waals surface area contributed by atoms with Gasteiger partial charge in [0.1, 0.15) is 0 Å². The topological polar surface area (TPSA) is 39.7 Å². The molecule has 1 rings (SSSR count). The molecule has 0 spiro atoms. The molecule has 0 radical (unpaired) electrons. The average molecular weight is 268 g/mol. The molecule has 4 heteroatoms. The van der Waals surface area contributed by atoms with Crippen LogP contribution in [0, 0.1) is 11.8 Å². The van der Waals surface area contributed by atoms with Gasteiger partial charge in [-0.3, -0.25) is 4.99 Å². The largest absolute Gasteiger partial charge is 0.356 e. The number of piperidine rings is 1. The minimum Gasteiger partial charge on any atom is -0.356 e. The Balaban J connectivity index is 2.12. The molecule has 1 heterocycles. The van der Waals surface area contributed by atoms with E-state index in [0.29, 0.717) is 5.92 Å². The van der Waals surface area contributed by atoms with Gasteiger partial charge in [0.15, 0.2) is 5.96 Å². The highest BCUT2D eigenvalue weighted by atomic mass is 15.2. The fourth-order valence-electron chi connectivity index (χ4n) is 2.51. The zero-order valence-electron chi connectivity index (χ0n) is 13.2. The lowest BCUT2D eigenvalue weighted by Gasteiger charge is -2.31. The summed E-state index contributed by atoms with van der Waals surface area (Å²) in [6, 6.07) is 0. The molecule has 0 aliphatic carbocycles. The fraction of sp³-hybridized carbons (Fsp3) is 0.933. The van der Waals surface area contributed by atoms with Gasteiger partial charge in [-0.25, -0.2) is 0 Å². The molecule has 0 atom stereocenters. The van der Waals surface area contributed by atoms with Gasteiger partial charge in [-0.2, -0.15) is 0 Å². The van der Waals surface area contributed by atoms with Gasteiger partial charge >= 0.3 is 0 Å². The number of nitrogens with zero attached hydrogens (tertiary/aromatic N) is 2. The van der Waals surface area contributed by atoms with E-state index in [1.54, 1.807) is 0 Å². The molecule has 1 aliphatic heterocycles. The highest BCUT2D eigenvalue weighted by molar-refractivity contribution is 5.79. The average Bonchev–Trinajstić information content (AvgIpc) is 2.43. The second kappa shape index (κ2) is 9.18. The van der Waals surface area contributed by atoms with Crippen molar-refractivity contribution in [2.45, 2.75) is 40.0 Å². The summed E-state index contributed by atoms with van der Waals surface area (Å²) in [5.41, 5.74) is 0. The first-order chi connectivity index (χ1) is 9.15. The summed E-state index contributed by atoms with van der Waals surface area (Å²) in [7, 11) is 1.84. The van der Waals surface area contributed by atoms with E-state index in [1.165, 1.54) is 38.9 Å². The van der Waals surface area contributed by atoms with Gasteiger partial charge in [0.05, 0.1) is 0 Å². The second-order valence-electron chi connectivity index (χ2n) is 5.94. The molecular formula is C15H32N4. The Morgan fingerprint density at radius 3 is 2.47 bits per heavy atom. The third-order valence-electron chi connectivity index (χ3n) is 3.90. The number of nitrogens with one attached hydrogen (secondary N) is 2. The van der Waals surface area contributed by atoms with Crippen LogP contribution in [-0.2, 0) is 0 Å². The van der Waals surface area contributed by atoms with Crippen LogP contribution in [0.4, 0.5) is 0 Å². The molecule has 0 aromatic heterocycles. The van der Waals surface area contributed by atoms with Crippen molar-refractivity contribution >= 4 is 5.96 Å². The van der Waals surface area contributed by atoms with Gasteiger partial charge in [0.25, 0.3) is 0 Å². The smallest absolute Gasteiger partial charge is 0.190 e. The van der Waals surface area contributed by atoms with Crippen molar-refractivity contribution in [3.63, 3.8) is 0 Å². The maximum Gasteiger partial charge on any atom is 0.190 e. The van der Waals surface area contributed by atoms with Crippen LogP contribution in [-0.4, -0.2) is 50.6 Å². The Hall–Kier alpha value is -0.770. The molecule has 0 aromatic rings. The van der Waals surface area contributed by atoms with E-state index >= 15 is 0 Å². The first-order valence-electron chi connectivity index (χ1n) is 7.82. The molecule has 2 N–H and O–H groups in total. The summed E-state index contributed by atoms with van der Waals surface area (Å²) in [6.07, 6.45) is 3.97. The Labute approximate surface area is 119 Å². The Morgan fingerprint density at radius 1 is 1.26 bits per heavy atom. The Bertz CT molecular complexity index is 255. The molecular weight excluding hydrogens is 236 g/mol. The fourth-order valence-corrected chi connectivity index (χ4v) is 2.51. The molecule has 1 saturated heterocycles. The number of aliphatic imine (C=N–C) groups is 1. The van der Waals surface area contributed by atoms with E-state index in [-0.39, 0.29) is 0 Å². The quantitative estimate of drug-likeness (QED) is 0.571. The van der Waals surface area contributed by atoms with Crippen molar-refractivity contribution in [1.29, 1.82) is 0 Å². The first-order valence-corrected chi connectivity index (χ1v) is 7.82. The summed E-state index contributed by atoms with van der Waals surface area (Å²) in [5, 5.41) is 6.78. The van der Waals surface area contributed by atoms with Gasteiger partial charge < -0.3 is 15.5 Å². The lowest BCUT2D eigenvalue weighted by Crippen LogP contribution is -2.40. The van der Waals surface area contributed by atoms with Crippen molar-refractivity contribution in [1.82, 2.24) is 15.5 Å². The molecule has 19 heavy (non-hydrogen) atoms. The normalized spacial score (nSPS) is 18.9. The van der Waals surface area contributed by atoms with Gasteiger partial charge in [-0.15, -0.1) is 0 Å². The zero-order chi connectivity index (χ0) is 14.1. The standard InChI is InChI=1S/C15H32N4/c1-5-19-10-7-14(8-11-19)6-9-17-15(16-4)18-12-13(2)3/h13-14H,5-12H2,1-4H3,(H2,16,17,18). The van der Waals surface area contributed by atoms with Crippen LogP contribution in [0.1, 0.15) is 40.0 Å². The van der Waals surface area contributed by atoms with E-state index in [4.69, 9.17) is 0 Å². The highest BCUT2D eigenvalue weighted by Crippen LogP contribution is 2.19. The van der Waals surface area contributed by atoms with Crippen LogP contribution in [0.5, 0.6) is 0 Å². The molecule has 0 saturated carbocycles. The predicted octanol–water partition coefficient (Wildman–Crippen LogP) is 1.93. The third kappa shape index (κ3) is 6.81. The lowest BCUT2D eigenvalue weighted by atomic mass is 9.93. The molecule has 4 nitrogen and oxygen atoms in total. The number of likely N-dealkylation sites (tertiary alicyclic amines) is 1. The highest BCUT2D eigenvalue weighted by Gasteiger charge is 2.17. The van der Waals surface area contributed by atoms with Crippen LogP contribution in [0.3, 0.4) is 0 Å². The molecule has 1 aliphatic rings. The summed E-state index contributed by atoms with van der Waals surface area (Å²) >= 11 is 0. The predicted molar refractivity (Wildman–Crippen MR) is 83.7 cm³/mol. The van der Waals surface area contributed by atoms with E-state index < -0.39 is 0 Å². The maximum absolute atomic E-state index is 4.25. The van der Waals surface area contributed by atoms with Crippen LogP contribution >= 0.6 is 0 Å². The van der Waals surface area contributed by atoms with Crippen molar-refractivity contribution in [3.8, 4) is 0 Å². The van der Waals surface area contributed by atoms with Crippen LogP contribution < -0.4 is 10.6 Å². The van der Waals surface area contributed by atoms with Crippen molar-refractivity contribution in [3.05, 3.63) is 0 Å². The number of rotatable bonds is 6. The van der Waals surface area contributed by atoms with Gasteiger partial charge in [0, 0.05) is 20.1 Å². The number of guanidine groups is 1. The minimum absolute atomic E-state index is 0.650. The van der Waals surface area contributed by atoms with E-state index in [9.17, 15) is 0 Å². The molecule has 0 aromatic carbocycles. The lowest BCUT2D eigenvalue weighted by molar-refractivity contribution is 0.187. The van der Waals surface area contributed by atoms with Crippen LogP contribution in [0.2, 0.25) is 0 Å².